The van der Waals surface area contributed by atoms with Crippen LogP contribution in [-0.2, 0) is 30.3 Å². The van der Waals surface area contributed by atoms with Crippen molar-refractivity contribution in [2.24, 2.45) is 0 Å². The first-order chi connectivity index (χ1) is 9.06. The second-order valence-electron chi connectivity index (χ2n) is 3.30. The number of esters is 2. The maximum atomic E-state index is 11.3. The molecule has 0 saturated carbocycles. The second kappa shape index (κ2) is 7.47. The molecule has 0 fully saturated rings. The van der Waals surface area contributed by atoms with E-state index in [4.69, 9.17) is 4.74 Å². The Hall–Kier alpha value is -1.96. The number of nitrogens with one attached hydrogen (secondary N) is 1. The molecule has 0 atom stereocenters. The van der Waals surface area contributed by atoms with E-state index in [1.165, 1.54) is 0 Å². The molecule has 0 radical (unpaired) electrons. The van der Waals surface area contributed by atoms with Crippen LogP contribution in [0.15, 0.2) is 5.38 Å². The van der Waals surface area contributed by atoms with E-state index in [0.717, 1.165) is 11.3 Å². The summed E-state index contributed by atoms with van der Waals surface area (Å²) in [5, 5.41) is 4.14. The predicted molar refractivity (Wildman–Crippen MR) is 67.7 cm³/mol. The number of rotatable bonds is 5. The van der Waals surface area contributed by atoms with Gasteiger partial charge >= 0.3 is 17.8 Å². The van der Waals surface area contributed by atoms with Crippen LogP contribution in [0.4, 0.5) is 5.13 Å². The maximum Gasteiger partial charge on any atom is 0.397 e. The summed E-state index contributed by atoms with van der Waals surface area (Å²) in [5.41, 5.74) is 0.475. The van der Waals surface area contributed by atoms with Crippen molar-refractivity contribution >= 4 is 34.3 Å². The predicted octanol–water partition coefficient (Wildman–Crippen LogP) is 0.750. The van der Waals surface area contributed by atoms with Gasteiger partial charge in [0.05, 0.1) is 25.3 Å². The zero-order valence-electron chi connectivity index (χ0n) is 10.6. The molecule has 1 amide bonds. The smallest absolute Gasteiger partial charge is 0.397 e. The number of ether oxygens (including phenoxy) is 2. The molecular weight excluding hydrogens is 272 g/mol. The van der Waals surface area contributed by atoms with Crippen LogP contribution in [0.3, 0.4) is 0 Å². The van der Waals surface area contributed by atoms with Crippen LogP contribution in [0.2, 0.25) is 0 Å². The van der Waals surface area contributed by atoms with Gasteiger partial charge in [0, 0.05) is 5.38 Å². The van der Waals surface area contributed by atoms with Gasteiger partial charge in [0.2, 0.25) is 0 Å². The molecule has 0 unspecified atom stereocenters. The molecule has 0 aliphatic carbocycles. The summed E-state index contributed by atoms with van der Waals surface area (Å²) in [6, 6.07) is 0. The maximum absolute atomic E-state index is 11.3. The number of hydrogen-bond acceptors (Lipinski definition) is 7. The van der Waals surface area contributed by atoms with Crippen molar-refractivity contribution in [2.45, 2.75) is 20.3 Å². The Morgan fingerprint density at radius 3 is 2.58 bits per heavy atom. The lowest BCUT2D eigenvalue weighted by atomic mass is 10.3. The van der Waals surface area contributed by atoms with E-state index >= 15 is 0 Å². The van der Waals surface area contributed by atoms with Crippen molar-refractivity contribution in [1.29, 1.82) is 0 Å². The Labute approximate surface area is 113 Å². The summed E-state index contributed by atoms with van der Waals surface area (Å²) in [6.45, 7) is 3.74. The van der Waals surface area contributed by atoms with Crippen LogP contribution in [0.1, 0.15) is 19.5 Å². The first kappa shape index (κ1) is 15.1. The van der Waals surface area contributed by atoms with Gasteiger partial charge in [-0.1, -0.05) is 0 Å². The van der Waals surface area contributed by atoms with Crippen molar-refractivity contribution in [3.8, 4) is 0 Å². The van der Waals surface area contributed by atoms with Gasteiger partial charge < -0.3 is 9.47 Å². The molecule has 19 heavy (non-hydrogen) atoms. The molecule has 7 nitrogen and oxygen atoms in total. The van der Waals surface area contributed by atoms with Gasteiger partial charge in [-0.3, -0.25) is 14.9 Å². The number of carbonyl (C=O) groups is 3. The lowest BCUT2D eigenvalue weighted by Gasteiger charge is -2.00. The van der Waals surface area contributed by atoms with Crippen molar-refractivity contribution in [3.63, 3.8) is 0 Å². The summed E-state index contributed by atoms with van der Waals surface area (Å²) in [7, 11) is 0. The minimum Gasteiger partial charge on any atom is -0.466 e. The summed E-state index contributed by atoms with van der Waals surface area (Å²) in [4.78, 5) is 37.6. The number of hydrogen-bond donors (Lipinski definition) is 1. The van der Waals surface area contributed by atoms with Gasteiger partial charge in [-0.25, -0.2) is 9.78 Å². The molecule has 1 aromatic heterocycles. The third kappa shape index (κ3) is 5.04. The van der Waals surface area contributed by atoms with E-state index in [0.29, 0.717) is 12.3 Å². The first-order valence-corrected chi connectivity index (χ1v) is 6.52. The fourth-order valence-corrected chi connectivity index (χ4v) is 1.86. The van der Waals surface area contributed by atoms with Gasteiger partial charge in [-0.15, -0.1) is 11.3 Å². The van der Waals surface area contributed by atoms with E-state index in [1.54, 1.807) is 19.2 Å². The third-order valence-corrected chi connectivity index (χ3v) is 2.67. The Balaban J connectivity index is 2.53. The standard InChI is InChI=1S/C11H14N2O5S/c1-3-17-8(14)5-7-6-19-11(12-7)13-9(15)10(16)18-4-2/h6H,3-5H2,1-2H3,(H,12,13,15). The molecule has 1 N–H and O–H groups in total. The number of amides is 1. The average Bonchev–Trinajstić information content (AvgIpc) is 2.77. The van der Waals surface area contributed by atoms with E-state index < -0.39 is 17.8 Å². The highest BCUT2D eigenvalue weighted by atomic mass is 32.1. The summed E-state index contributed by atoms with van der Waals surface area (Å²) in [5.74, 6) is -2.25. The minimum atomic E-state index is -0.968. The van der Waals surface area contributed by atoms with E-state index in [-0.39, 0.29) is 18.2 Å². The number of anilines is 1. The summed E-state index contributed by atoms with van der Waals surface area (Å²) < 4.78 is 9.30. The molecule has 104 valence electrons. The van der Waals surface area contributed by atoms with Crippen molar-refractivity contribution in [1.82, 2.24) is 4.98 Å². The van der Waals surface area contributed by atoms with Crippen molar-refractivity contribution in [2.75, 3.05) is 18.5 Å². The van der Waals surface area contributed by atoms with Gasteiger partial charge in [0.1, 0.15) is 0 Å². The van der Waals surface area contributed by atoms with Crippen LogP contribution < -0.4 is 5.32 Å². The fraction of sp³-hybridized carbons (Fsp3) is 0.455. The largest absolute Gasteiger partial charge is 0.466 e. The Kier molecular flexibility index (Phi) is 5.94. The molecule has 0 saturated heterocycles. The fourth-order valence-electron chi connectivity index (χ4n) is 1.15. The molecule has 1 aromatic rings. The van der Waals surface area contributed by atoms with Gasteiger partial charge in [-0.2, -0.15) is 0 Å². The lowest BCUT2D eigenvalue weighted by Crippen LogP contribution is -2.24. The van der Waals surface area contributed by atoms with E-state index in [2.05, 4.69) is 15.0 Å². The summed E-state index contributed by atoms with van der Waals surface area (Å²) >= 11 is 1.11. The van der Waals surface area contributed by atoms with E-state index in [9.17, 15) is 14.4 Å². The number of thiazole rings is 1. The summed E-state index contributed by atoms with van der Waals surface area (Å²) in [6.07, 6.45) is 0.0274. The third-order valence-electron chi connectivity index (χ3n) is 1.86. The molecule has 8 heteroatoms. The number of nitrogens with zero attached hydrogens (tertiary/aromatic N) is 1. The highest BCUT2D eigenvalue weighted by molar-refractivity contribution is 7.14. The van der Waals surface area contributed by atoms with Gasteiger partial charge in [0.15, 0.2) is 5.13 Å². The van der Waals surface area contributed by atoms with Gasteiger partial charge in [-0.05, 0) is 13.8 Å². The van der Waals surface area contributed by atoms with Crippen LogP contribution in [0.25, 0.3) is 0 Å². The normalized spacial score (nSPS) is 9.79. The first-order valence-electron chi connectivity index (χ1n) is 5.65. The van der Waals surface area contributed by atoms with E-state index in [1.807, 2.05) is 0 Å². The van der Waals surface area contributed by atoms with Crippen LogP contribution in [0.5, 0.6) is 0 Å². The Morgan fingerprint density at radius 1 is 1.26 bits per heavy atom. The van der Waals surface area contributed by atoms with Crippen molar-refractivity contribution in [3.05, 3.63) is 11.1 Å². The van der Waals surface area contributed by atoms with Crippen LogP contribution in [0, 0.1) is 0 Å². The molecule has 1 rings (SSSR count). The Bertz CT molecular complexity index is 471. The Morgan fingerprint density at radius 2 is 1.95 bits per heavy atom. The van der Waals surface area contributed by atoms with Crippen molar-refractivity contribution < 1.29 is 23.9 Å². The molecule has 0 bridgehead atoms. The highest BCUT2D eigenvalue weighted by Gasteiger charge is 2.17. The topological polar surface area (TPSA) is 94.6 Å². The lowest BCUT2D eigenvalue weighted by molar-refractivity contribution is -0.152. The monoisotopic (exact) mass is 286 g/mol. The SMILES string of the molecule is CCOC(=O)Cc1csc(NC(=O)C(=O)OCC)n1. The molecule has 0 aliphatic heterocycles. The molecule has 0 spiro atoms. The molecule has 0 aromatic carbocycles. The second-order valence-corrected chi connectivity index (χ2v) is 4.16. The average molecular weight is 286 g/mol. The zero-order chi connectivity index (χ0) is 14.3. The van der Waals surface area contributed by atoms with Gasteiger partial charge in [0.25, 0.3) is 0 Å². The number of aromatic nitrogens is 1. The quantitative estimate of drug-likeness (QED) is 0.634. The highest BCUT2D eigenvalue weighted by Crippen LogP contribution is 2.16. The van der Waals surface area contributed by atoms with Crippen LogP contribution >= 0.6 is 11.3 Å². The minimum absolute atomic E-state index is 0.0274. The number of carbonyl (C=O) groups excluding carboxylic acids is 3. The zero-order valence-corrected chi connectivity index (χ0v) is 11.4. The van der Waals surface area contributed by atoms with Crippen LogP contribution in [-0.4, -0.2) is 36.0 Å². The molecule has 0 aliphatic rings. The molecular formula is C11H14N2O5S. The molecule has 1 heterocycles.